The number of para-hydroxylation sites is 1. The van der Waals surface area contributed by atoms with Crippen molar-refractivity contribution in [1.29, 1.82) is 0 Å². The van der Waals surface area contributed by atoms with Crippen molar-refractivity contribution in [3.8, 4) is 0 Å². The smallest absolute Gasteiger partial charge is 0.248 e. The SMILES string of the molecule is CS(=O)(=O)Nc1cnn(CC(=O)Nc2cccc3[nH]cnc23)n1. The van der Waals surface area contributed by atoms with E-state index in [1.54, 1.807) is 18.5 Å². The number of aromatic nitrogens is 5. The Kier molecular flexibility index (Phi) is 3.70. The fourth-order valence-corrected chi connectivity index (χ4v) is 2.47. The van der Waals surface area contributed by atoms with E-state index in [1.807, 2.05) is 6.07 Å². The lowest BCUT2D eigenvalue weighted by Gasteiger charge is -2.05. The highest BCUT2D eigenvalue weighted by Crippen LogP contribution is 2.19. The van der Waals surface area contributed by atoms with Crippen LogP contribution in [-0.2, 0) is 21.4 Å². The van der Waals surface area contributed by atoms with Crippen LogP contribution < -0.4 is 10.0 Å². The Morgan fingerprint density at radius 2 is 2.22 bits per heavy atom. The summed E-state index contributed by atoms with van der Waals surface area (Å²) in [6.45, 7) is -0.160. The van der Waals surface area contributed by atoms with Crippen LogP contribution in [0.25, 0.3) is 11.0 Å². The second-order valence-corrected chi connectivity index (χ2v) is 6.54. The molecule has 23 heavy (non-hydrogen) atoms. The number of benzene rings is 1. The molecule has 0 aliphatic carbocycles. The van der Waals surface area contributed by atoms with Gasteiger partial charge in [0.1, 0.15) is 12.1 Å². The number of carbonyl (C=O) groups excluding carboxylic acids is 1. The molecule has 0 atom stereocenters. The summed E-state index contributed by atoms with van der Waals surface area (Å²) in [5, 5.41) is 10.4. The number of anilines is 2. The number of nitrogens with zero attached hydrogens (tertiary/aromatic N) is 4. The number of sulfonamides is 1. The minimum absolute atomic E-state index is 0.0507. The topological polar surface area (TPSA) is 135 Å². The summed E-state index contributed by atoms with van der Waals surface area (Å²) in [6.07, 6.45) is 3.77. The Balaban J connectivity index is 1.69. The monoisotopic (exact) mass is 335 g/mol. The molecular weight excluding hydrogens is 322 g/mol. The molecule has 0 fully saturated rings. The molecule has 0 saturated carbocycles. The Bertz CT molecular complexity index is 960. The number of rotatable bonds is 5. The summed E-state index contributed by atoms with van der Waals surface area (Å²) in [6, 6.07) is 5.36. The summed E-state index contributed by atoms with van der Waals surface area (Å²) in [4.78, 5) is 20.2. The van der Waals surface area contributed by atoms with Crippen LogP contribution in [0.3, 0.4) is 0 Å². The van der Waals surface area contributed by atoms with Gasteiger partial charge in [0.25, 0.3) is 0 Å². The standard InChI is InChI=1S/C12H13N7O3S/c1-23(21,22)18-10-5-15-19(17-10)6-11(20)16-9-4-2-3-8-12(9)14-7-13-8/h2-5,7H,6H2,1H3,(H,13,14)(H,16,20)(H,17,18). The van der Waals surface area contributed by atoms with Crippen molar-refractivity contribution in [1.82, 2.24) is 25.0 Å². The molecule has 1 amide bonds. The van der Waals surface area contributed by atoms with Gasteiger partial charge in [-0.3, -0.25) is 9.52 Å². The van der Waals surface area contributed by atoms with E-state index in [0.717, 1.165) is 16.6 Å². The molecule has 0 aliphatic heterocycles. The third-order valence-electron chi connectivity index (χ3n) is 2.84. The first-order valence-electron chi connectivity index (χ1n) is 6.50. The molecule has 3 N–H and O–H groups in total. The lowest BCUT2D eigenvalue weighted by Crippen LogP contribution is -2.20. The molecule has 10 nitrogen and oxygen atoms in total. The normalized spacial score (nSPS) is 11.5. The van der Waals surface area contributed by atoms with E-state index in [9.17, 15) is 13.2 Å². The largest absolute Gasteiger partial charge is 0.345 e. The fourth-order valence-electron chi connectivity index (χ4n) is 1.99. The van der Waals surface area contributed by atoms with E-state index in [4.69, 9.17) is 0 Å². The van der Waals surface area contributed by atoms with Crippen LogP contribution in [0.15, 0.2) is 30.7 Å². The second kappa shape index (κ2) is 5.68. The third-order valence-corrected chi connectivity index (χ3v) is 3.42. The summed E-state index contributed by atoms with van der Waals surface area (Å²) >= 11 is 0. The maximum atomic E-state index is 12.1. The Morgan fingerprint density at radius 1 is 1.39 bits per heavy atom. The van der Waals surface area contributed by atoms with Crippen LogP contribution in [0.5, 0.6) is 0 Å². The average Bonchev–Trinajstić information content (AvgIpc) is 3.06. The van der Waals surface area contributed by atoms with Crippen molar-refractivity contribution in [3.63, 3.8) is 0 Å². The highest BCUT2D eigenvalue weighted by Gasteiger charge is 2.11. The Morgan fingerprint density at radius 3 is 3.00 bits per heavy atom. The van der Waals surface area contributed by atoms with E-state index in [0.29, 0.717) is 11.2 Å². The van der Waals surface area contributed by atoms with Gasteiger partial charge in [0.15, 0.2) is 5.82 Å². The molecule has 1 aromatic carbocycles. The molecule has 0 aliphatic rings. The van der Waals surface area contributed by atoms with Gasteiger partial charge < -0.3 is 10.3 Å². The highest BCUT2D eigenvalue weighted by atomic mass is 32.2. The number of aromatic amines is 1. The zero-order chi connectivity index (χ0) is 16.4. The van der Waals surface area contributed by atoms with Crippen molar-refractivity contribution in [3.05, 3.63) is 30.7 Å². The van der Waals surface area contributed by atoms with E-state index < -0.39 is 10.0 Å². The number of imidazole rings is 1. The predicted molar refractivity (Wildman–Crippen MR) is 83.2 cm³/mol. The van der Waals surface area contributed by atoms with E-state index >= 15 is 0 Å². The lowest BCUT2D eigenvalue weighted by atomic mass is 10.2. The first kappa shape index (κ1) is 15.0. The maximum Gasteiger partial charge on any atom is 0.248 e. The quantitative estimate of drug-likeness (QED) is 0.608. The molecule has 3 aromatic rings. The van der Waals surface area contributed by atoms with Crippen molar-refractivity contribution in [2.45, 2.75) is 6.54 Å². The zero-order valence-electron chi connectivity index (χ0n) is 12.0. The van der Waals surface area contributed by atoms with E-state index in [1.165, 1.54) is 6.20 Å². The molecule has 0 saturated heterocycles. The van der Waals surface area contributed by atoms with E-state index in [2.05, 4.69) is 30.2 Å². The number of hydrogen-bond acceptors (Lipinski definition) is 6. The van der Waals surface area contributed by atoms with Gasteiger partial charge in [-0.05, 0) is 12.1 Å². The van der Waals surface area contributed by atoms with Crippen molar-refractivity contribution in [2.24, 2.45) is 0 Å². The second-order valence-electron chi connectivity index (χ2n) is 4.79. The number of fused-ring (bicyclic) bond motifs is 1. The minimum Gasteiger partial charge on any atom is -0.345 e. The van der Waals surface area contributed by atoms with Gasteiger partial charge in [0.2, 0.25) is 15.9 Å². The number of carbonyl (C=O) groups is 1. The van der Waals surface area contributed by atoms with Crippen LogP contribution in [0, 0.1) is 0 Å². The van der Waals surface area contributed by atoms with Gasteiger partial charge in [-0.25, -0.2) is 13.4 Å². The molecule has 11 heteroatoms. The zero-order valence-corrected chi connectivity index (χ0v) is 12.8. The van der Waals surface area contributed by atoms with Crippen LogP contribution in [0.2, 0.25) is 0 Å². The average molecular weight is 335 g/mol. The number of amides is 1. The third kappa shape index (κ3) is 3.63. The van der Waals surface area contributed by atoms with E-state index in [-0.39, 0.29) is 18.3 Å². The first-order valence-corrected chi connectivity index (χ1v) is 8.40. The predicted octanol–water partition coefficient (Wildman–Crippen LogP) is 0.165. The van der Waals surface area contributed by atoms with Crippen LogP contribution in [-0.4, -0.2) is 45.5 Å². The summed E-state index contributed by atoms with van der Waals surface area (Å²) in [5.74, 6) is -0.309. The van der Waals surface area contributed by atoms with Gasteiger partial charge in [-0.1, -0.05) is 6.07 Å². The van der Waals surface area contributed by atoms with Gasteiger partial charge in [-0.15, -0.1) is 5.10 Å². The van der Waals surface area contributed by atoms with Crippen LogP contribution >= 0.6 is 0 Å². The molecule has 0 radical (unpaired) electrons. The molecule has 3 rings (SSSR count). The van der Waals surface area contributed by atoms with Crippen molar-refractivity contribution >= 4 is 38.5 Å². The van der Waals surface area contributed by atoms with Gasteiger partial charge >= 0.3 is 0 Å². The summed E-state index contributed by atoms with van der Waals surface area (Å²) in [5.41, 5.74) is 2.02. The van der Waals surface area contributed by atoms with Crippen LogP contribution in [0.1, 0.15) is 0 Å². The number of H-pyrrole nitrogens is 1. The first-order chi connectivity index (χ1) is 10.9. The maximum absolute atomic E-state index is 12.1. The molecule has 0 unspecified atom stereocenters. The van der Waals surface area contributed by atoms with Crippen molar-refractivity contribution in [2.75, 3.05) is 16.3 Å². The highest BCUT2D eigenvalue weighted by molar-refractivity contribution is 7.92. The van der Waals surface area contributed by atoms with Crippen LogP contribution in [0.4, 0.5) is 11.5 Å². The Hall–Kier alpha value is -2.95. The molecule has 0 bridgehead atoms. The molecule has 120 valence electrons. The molecule has 2 heterocycles. The minimum atomic E-state index is -3.44. The number of hydrogen-bond donors (Lipinski definition) is 3. The fraction of sp³-hybridized carbons (Fsp3) is 0.167. The summed E-state index contributed by atoms with van der Waals surface area (Å²) in [7, 11) is -3.44. The summed E-state index contributed by atoms with van der Waals surface area (Å²) < 4.78 is 24.4. The van der Waals surface area contributed by atoms with Crippen molar-refractivity contribution < 1.29 is 13.2 Å². The lowest BCUT2D eigenvalue weighted by molar-refractivity contribution is -0.117. The van der Waals surface area contributed by atoms with Gasteiger partial charge in [0, 0.05) is 0 Å². The Labute approximate surface area is 131 Å². The van der Waals surface area contributed by atoms with Gasteiger partial charge in [0.05, 0.1) is 30.0 Å². The molecule has 2 aromatic heterocycles. The number of nitrogens with one attached hydrogen (secondary N) is 3. The molecule has 0 spiro atoms. The van der Waals surface area contributed by atoms with Gasteiger partial charge in [-0.2, -0.15) is 9.90 Å². The molecular formula is C12H13N7O3S.